The maximum Gasteiger partial charge on any atom is 0.242 e. The number of hydrogen-bond donors (Lipinski definition) is 2. The molecule has 0 spiro atoms. The topological polar surface area (TPSA) is 67.5 Å². The Balaban J connectivity index is 2.62. The summed E-state index contributed by atoms with van der Waals surface area (Å²) < 4.78 is 0. The van der Waals surface area contributed by atoms with E-state index in [9.17, 15) is 4.79 Å². The number of nitrogens with zero attached hydrogens (tertiary/aromatic N) is 1. The molecule has 0 saturated carbocycles. The Bertz CT molecular complexity index is 267. The Morgan fingerprint density at radius 1 is 1.86 bits per heavy atom. The smallest absolute Gasteiger partial charge is 0.242 e. The molecular formula is C9H17N3OS. The van der Waals surface area contributed by atoms with E-state index in [1.165, 1.54) is 0 Å². The molecule has 0 saturated heterocycles. The van der Waals surface area contributed by atoms with E-state index in [0.717, 1.165) is 11.7 Å². The van der Waals surface area contributed by atoms with Gasteiger partial charge in [0.2, 0.25) is 5.91 Å². The van der Waals surface area contributed by atoms with Gasteiger partial charge in [-0.1, -0.05) is 25.6 Å². The highest BCUT2D eigenvalue weighted by molar-refractivity contribution is 8.14. The second-order valence-electron chi connectivity index (χ2n) is 3.75. The summed E-state index contributed by atoms with van der Waals surface area (Å²) in [7, 11) is 0. The Kier molecular flexibility index (Phi) is 3.42. The van der Waals surface area contributed by atoms with Crippen molar-refractivity contribution < 1.29 is 4.79 Å². The standard InChI is InChI=1S/C9H17N3OS/c1-4-9(3,7(10)13)12-8-11-5-6(2)14-8/h6H,4-5H2,1-3H3,(H2,10,13)(H,11,12). The number of carbonyl (C=O) groups excluding carboxylic acids is 1. The van der Waals surface area contributed by atoms with E-state index in [4.69, 9.17) is 5.73 Å². The second kappa shape index (κ2) is 4.21. The summed E-state index contributed by atoms with van der Waals surface area (Å²) in [6, 6.07) is 0. The highest BCUT2D eigenvalue weighted by Gasteiger charge is 2.31. The van der Waals surface area contributed by atoms with Gasteiger partial charge < -0.3 is 11.1 Å². The van der Waals surface area contributed by atoms with Gasteiger partial charge in [-0.05, 0) is 13.3 Å². The van der Waals surface area contributed by atoms with E-state index in [-0.39, 0.29) is 5.91 Å². The largest absolute Gasteiger partial charge is 0.368 e. The van der Waals surface area contributed by atoms with Crippen LogP contribution in [0.25, 0.3) is 0 Å². The number of thioether (sulfide) groups is 1. The zero-order chi connectivity index (χ0) is 10.8. The number of rotatable bonds is 3. The molecule has 1 aliphatic rings. The summed E-state index contributed by atoms with van der Waals surface area (Å²) in [5, 5.41) is 4.44. The first-order chi connectivity index (χ1) is 6.48. The van der Waals surface area contributed by atoms with Gasteiger partial charge in [-0.15, -0.1) is 0 Å². The van der Waals surface area contributed by atoms with Crippen molar-refractivity contribution in [1.82, 2.24) is 5.32 Å². The minimum Gasteiger partial charge on any atom is -0.368 e. The number of amidine groups is 1. The highest BCUT2D eigenvalue weighted by atomic mass is 32.2. The zero-order valence-electron chi connectivity index (χ0n) is 8.83. The van der Waals surface area contributed by atoms with E-state index in [1.807, 2.05) is 6.92 Å². The van der Waals surface area contributed by atoms with E-state index in [2.05, 4.69) is 17.2 Å². The van der Waals surface area contributed by atoms with Crippen molar-refractivity contribution in [3.8, 4) is 0 Å². The predicted octanol–water partition coefficient (Wildman–Crippen LogP) is 0.721. The van der Waals surface area contributed by atoms with Gasteiger partial charge in [0.15, 0.2) is 5.17 Å². The predicted molar refractivity (Wildman–Crippen MR) is 60.4 cm³/mol. The molecule has 2 atom stereocenters. The van der Waals surface area contributed by atoms with Crippen LogP contribution in [0.4, 0.5) is 0 Å². The Morgan fingerprint density at radius 2 is 2.50 bits per heavy atom. The van der Waals surface area contributed by atoms with Crippen LogP contribution in [0.3, 0.4) is 0 Å². The van der Waals surface area contributed by atoms with Gasteiger partial charge >= 0.3 is 0 Å². The zero-order valence-corrected chi connectivity index (χ0v) is 9.65. The third kappa shape index (κ3) is 2.41. The van der Waals surface area contributed by atoms with Crippen molar-refractivity contribution in [2.45, 2.75) is 38.0 Å². The molecule has 5 heteroatoms. The van der Waals surface area contributed by atoms with Crippen LogP contribution in [0.15, 0.2) is 4.99 Å². The van der Waals surface area contributed by atoms with Crippen molar-refractivity contribution in [1.29, 1.82) is 0 Å². The molecule has 0 fully saturated rings. The lowest BCUT2D eigenvalue weighted by molar-refractivity contribution is -0.123. The third-order valence-corrected chi connectivity index (χ3v) is 3.44. The molecule has 1 rings (SSSR count). The molecular weight excluding hydrogens is 198 g/mol. The van der Waals surface area contributed by atoms with Gasteiger partial charge in [-0.2, -0.15) is 0 Å². The molecule has 0 aromatic carbocycles. The summed E-state index contributed by atoms with van der Waals surface area (Å²) in [5.41, 5.74) is 4.66. The number of aliphatic imine (C=N–C) groups is 1. The fourth-order valence-electron chi connectivity index (χ4n) is 1.11. The quantitative estimate of drug-likeness (QED) is 0.729. The number of primary amides is 1. The maximum atomic E-state index is 11.2. The van der Waals surface area contributed by atoms with Gasteiger partial charge in [0.05, 0.1) is 6.54 Å². The summed E-state index contributed by atoms with van der Waals surface area (Å²) in [5.74, 6) is -0.331. The molecule has 4 nitrogen and oxygen atoms in total. The first-order valence-corrected chi connectivity index (χ1v) is 5.65. The fraction of sp³-hybridized carbons (Fsp3) is 0.778. The molecule has 14 heavy (non-hydrogen) atoms. The molecule has 0 aromatic heterocycles. The SMILES string of the molecule is CCC(C)(NC1=NCC(C)S1)C(N)=O. The van der Waals surface area contributed by atoms with Crippen molar-refractivity contribution in [2.24, 2.45) is 10.7 Å². The summed E-state index contributed by atoms with van der Waals surface area (Å²) in [6.07, 6.45) is 0.663. The second-order valence-corrected chi connectivity index (χ2v) is 5.18. The number of amides is 1. The van der Waals surface area contributed by atoms with Crippen molar-refractivity contribution in [3.63, 3.8) is 0 Å². The lowest BCUT2D eigenvalue weighted by atomic mass is 9.99. The monoisotopic (exact) mass is 215 g/mol. The number of hydrogen-bond acceptors (Lipinski definition) is 4. The minimum absolute atomic E-state index is 0.331. The van der Waals surface area contributed by atoms with Crippen molar-refractivity contribution in [2.75, 3.05) is 6.54 Å². The average Bonchev–Trinajstić information content (AvgIpc) is 2.50. The van der Waals surface area contributed by atoms with Crippen LogP contribution < -0.4 is 11.1 Å². The summed E-state index contributed by atoms with van der Waals surface area (Å²) in [6.45, 7) is 6.66. The molecule has 1 aliphatic heterocycles. The average molecular weight is 215 g/mol. The van der Waals surface area contributed by atoms with E-state index in [1.54, 1.807) is 18.7 Å². The third-order valence-electron chi connectivity index (χ3n) is 2.44. The molecule has 80 valence electrons. The van der Waals surface area contributed by atoms with Crippen LogP contribution in [0.2, 0.25) is 0 Å². The van der Waals surface area contributed by atoms with E-state index >= 15 is 0 Å². The normalized spacial score (nSPS) is 25.4. The lowest BCUT2D eigenvalue weighted by Gasteiger charge is -2.26. The Labute approximate surface area is 88.7 Å². The fourth-order valence-corrected chi connectivity index (χ4v) is 2.07. The molecule has 0 radical (unpaired) electrons. The van der Waals surface area contributed by atoms with Crippen LogP contribution in [0.1, 0.15) is 27.2 Å². The Hall–Kier alpha value is -0.710. The number of nitrogens with two attached hydrogens (primary N) is 1. The van der Waals surface area contributed by atoms with Crippen LogP contribution in [-0.4, -0.2) is 28.4 Å². The van der Waals surface area contributed by atoms with E-state index < -0.39 is 5.54 Å². The molecule has 2 unspecified atom stereocenters. The van der Waals surface area contributed by atoms with Gasteiger partial charge in [-0.3, -0.25) is 9.79 Å². The van der Waals surface area contributed by atoms with Crippen molar-refractivity contribution >= 4 is 22.8 Å². The van der Waals surface area contributed by atoms with Gasteiger partial charge in [0.25, 0.3) is 0 Å². The number of carbonyl (C=O) groups is 1. The molecule has 0 bridgehead atoms. The van der Waals surface area contributed by atoms with Gasteiger partial charge in [-0.25, -0.2) is 0 Å². The Morgan fingerprint density at radius 3 is 2.86 bits per heavy atom. The molecule has 1 amide bonds. The van der Waals surface area contributed by atoms with Crippen LogP contribution in [0, 0.1) is 0 Å². The molecule has 0 aliphatic carbocycles. The first kappa shape index (κ1) is 11.4. The van der Waals surface area contributed by atoms with Gasteiger partial charge in [0.1, 0.15) is 5.54 Å². The molecule has 3 N–H and O–H groups in total. The lowest BCUT2D eigenvalue weighted by Crippen LogP contribution is -2.54. The van der Waals surface area contributed by atoms with Crippen LogP contribution in [0.5, 0.6) is 0 Å². The van der Waals surface area contributed by atoms with Gasteiger partial charge in [0, 0.05) is 5.25 Å². The molecule has 0 aromatic rings. The summed E-state index contributed by atoms with van der Waals surface area (Å²) in [4.78, 5) is 15.5. The van der Waals surface area contributed by atoms with Crippen LogP contribution >= 0.6 is 11.8 Å². The van der Waals surface area contributed by atoms with Crippen molar-refractivity contribution in [3.05, 3.63) is 0 Å². The number of nitrogens with one attached hydrogen (secondary N) is 1. The molecule has 1 heterocycles. The maximum absolute atomic E-state index is 11.2. The van der Waals surface area contributed by atoms with E-state index in [0.29, 0.717) is 11.7 Å². The minimum atomic E-state index is -0.671. The summed E-state index contributed by atoms with van der Waals surface area (Å²) >= 11 is 1.66. The van der Waals surface area contributed by atoms with Crippen LogP contribution in [-0.2, 0) is 4.79 Å². The highest BCUT2D eigenvalue weighted by Crippen LogP contribution is 2.21. The first-order valence-electron chi connectivity index (χ1n) is 4.77.